The Kier molecular flexibility index (Phi) is 4.42. The molecule has 9 heteroatoms. The van der Waals surface area contributed by atoms with Gasteiger partial charge >= 0.3 is 0 Å². The Balaban J connectivity index is 2.38. The number of rotatable bonds is 3. The van der Waals surface area contributed by atoms with E-state index in [4.69, 9.17) is 0 Å². The molecule has 122 valence electrons. The number of amides is 1. The van der Waals surface area contributed by atoms with Crippen molar-refractivity contribution in [3.05, 3.63) is 59.2 Å². The van der Waals surface area contributed by atoms with Crippen LogP contribution < -0.4 is 5.32 Å². The molecule has 0 aliphatic heterocycles. The highest BCUT2D eigenvalue weighted by molar-refractivity contribution is 7.90. The summed E-state index contributed by atoms with van der Waals surface area (Å²) in [7, 11) is -3.55. The van der Waals surface area contributed by atoms with E-state index in [1.807, 2.05) is 0 Å². The fourth-order valence-corrected chi connectivity index (χ4v) is 2.41. The van der Waals surface area contributed by atoms with Crippen molar-refractivity contribution in [1.29, 1.82) is 0 Å². The molecule has 1 N–H and O–H groups in total. The predicted molar refractivity (Wildman–Crippen MR) is 73.8 cm³/mol. The highest BCUT2D eigenvalue weighted by atomic mass is 32.2. The number of carbonyl (C=O) groups is 1. The Bertz CT molecular complexity index is 897. The number of nitrogens with one attached hydrogen (secondary N) is 1. The van der Waals surface area contributed by atoms with E-state index in [0.717, 1.165) is 12.3 Å². The van der Waals surface area contributed by atoms with E-state index in [9.17, 15) is 30.8 Å². The monoisotopic (exact) mass is 347 g/mol. The average molecular weight is 347 g/mol. The molecule has 4 nitrogen and oxygen atoms in total. The maximum Gasteiger partial charge on any atom is 0.258 e. The second-order valence-electron chi connectivity index (χ2n) is 4.60. The summed E-state index contributed by atoms with van der Waals surface area (Å²) in [6.45, 7) is 0. The van der Waals surface area contributed by atoms with Gasteiger partial charge in [0.1, 0.15) is 0 Å². The number of hydrogen-bond donors (Lipinski definition) is 1. The summed E-state index contributed by atoms with van der Waals surface area (Å²) < 4.78 is 75.4. The number of sulfone groups is 1. The van der Waals surface area contributed by atoms with Crippen LogP contribution in [0.1, 0.15) is 10.4 Å². The van der Waals surface area contributed by atoms with Gasteiger partial charge in [-0.05, 0) is 24.3 Å². The van der Waals surface area contributed by atoms with E-state index in [1.165, 1.54) is 18.2 Å². The van der Waals surface area contributed by atoms with Gasteiger partial charge < -0.3 is 5.32 Å². The molecule has 2 aromatic carbocycles. The van der Waals surface area contributed by atoms with Crippen LogP contribution in [0.2, 0.25) is 0 Å². The number of anilines is 1. The van der Waals surface area contributed by atoms with Crippen molar-refractivity contribution in [2.24, 2.45) is 0 Å². The molecule has 0 spiro atoms. The maximum absolute atomic E-state index is 13.5. The fraction of sp³-hybridized carbons (Fsp3) is 0.0714. The van der Waals surface area contributed by atoms with Crippen LogP contribution in [0.3, 0.4) is 0 Å². The van der Waals surface area contributed by atoms with Crippen LogP contribution in [0.5, 0.6) is 0 Å². The van der Waals surface area contributed by atoms with Gasteiger partial charge in [0.2, 0.25) is 0 Å². The molecule has 0 saturated heterocycles. The second kappa shape index (κ2) is 5.99. The third-order valence-corrected chi connectivity index (χ3v) is 3.98. The van der Waals surface area contributed by atoms with Gasteiger partial charge in [0, 0.05) is 11.9 Å². The van der Waals surface area contributed by atoms with Crippen molar-refractivity contribution in [3.63, 3.8) is 0 Å². The first-order valence-electron chi connectivity index (χ1n) is 6.05. The largest absolute Gasteiger partial charge is 0.322 e. The molecule has 0 saturated carbocycles. The molecule has 0 fully saturated rings. The van der Waals surface area contributed by atoms with Crippen LogP contribution in [0.25, 0.3) is 0 Å². The summed E-state index contributed by atoms with van der Waals surface area (Å²) in [5, 5.41) is 2.09. The molecule has 0 bridgehead atoms. The summed E-state index contributed by atoms with van der Waals surface area (Å²) in [6.07, 6.45) is 0.943. The van der Waals surface area contributed by atoms with Gasteiger partial charge in [0.25, 0.3) is 5.91 Å². The molecule has 2 rings (SSSR count). The summed E-state index contributed by atoms with van der Waals surface area (Å²) in [4.78, 5) is 11.7. The lowest BCUT2D eigenvalue weighted by molar-refractivity contribution is 0.102. The van der Waals surface area contributed by atoms with Gasteiger partial charge in [0.15, 0.2) is 33.1 Å². The average Bonchev–Trinajstić information content (AvgIpc) is 2.48. The SMILES string of the molecule is CS(=O)(=O)c1cccc(NC(=O)c2cc(F)c(F)c(F)c2F)c1. The zero-order valence-electron chi connectivity index (χ0n) is 11.5. The predicted octanol–water partition coefficient (Wildman–Crippen LogP) is 2.90. The molecule has 0 aromatic heterocycles. The van der Waals surface area contributed by atoms with E-state index >= 15 is 0 Å². The van der Waals surface area contributed by atoms with E-state index in [0.29, 0.717) is 0 Å². The van der Waals surface area contributed by atoms with Gasteiger partial charge in [-0.3, -0.25) is 4.79 Å². The Morgan fingerprint density at radius 3 is 2.26 bits per heavy atom. The zero-order valence-corrected chi connectivity index (χ0v) is 12.3. The fourth-order valence-electron chi connectivity index (χ4n) is 1.74. The summed E-state index contributed by atoms with van der Waals surface area (Å²) in [6, 6.07) is 5.17. The van der Waals surface area contributed by atoms with E-state index < -0.39 is 44.6 Å². The zero-order chi connectivity index (χ0) is 17.4. The molecule has 0 aliphatic rings. The summed E-state index contributed by atoms with van der Waals surface area (Å²) in [5.41, 5.74) is -1.09. The van der Waals surface area contributed by atoms with Crippen molar-refractivity contribution >= 4 is 21.4 Å². The molecular weight excluding hydrogens is 338 g/mol. The van der Waals surface area contributed by atoms with Crippen LogP contribution in [0, 0.1) is 23.3 Å². The maximum atomic E-state index is 13.5. The first-order chi connectivity index (χ1) is 10.6. The Morgan fingerprint density at radius 2 is 1.65 bits per heavy atom. The minimum atomic E-state index is -3.55. The third kappa shape index (κ3) is 3.50. The minimum Gasteiger partial charge on any atom is -0.322 e. The summed E-state index contributed by atoms with van der Waals surface area (Å²) in [5.74, 6) is -8.97. The molecule has 0 radical (unpaired) electrons. The van der Waals surface area contributed by atoms with Gasteiger partial charge in [0.05, 0.1) is 10.5 Å². The van der Waals surface area contributed by atoms with E-state index in [1.54, 1.807) is 0 Å². The lowest BCUT2D eigenvalue weighted by Gasteiger charge is -2.08. The molecule has 0 aliphatic carbocycles. The number of halogens is 4. The van der Waals surface area contributed by atoms with Gasteiger partial charge in [-0.25, -0.2) is 26.0 Å². The van der Waals surface area contributed by atoms with Crippen LogP contribution in [-0.4, -0.2) is 20.6 Å². The smallest absolute Gasteiger partial charge is 0.258 e. The Hall–Kier alpha value is -2.42. The Labute approximate surface area is 128 Å². The molecule has 0 heterocycles. The summed E-state index contributed by atoms with van der Waals surface area (Å²) >= 11 is 0. The molecular formula is C14H9F4NO3S. The molecule has 0 atom stereocenters. The highest BCUT2D eigenvalue weighted by Gasteiger charge is 2.23. The van der Waals surface area contributed by atoms with E-state index in [2.05, 4.69) is 5.32 Å². The van der Waals surface area contributed by atoms with E-state index in [-0.39, 0.29) is 16.6 Å². The van der Waals surface area contributed by atoms with Crippen molar-refractivity contribution in [3.8, 4) is 0 Å². The lowest BCUT2D eigenvalue weighted by Crippen LogP contribution is -2.16. The van der Waals surface area contributed by atoms with Crippen LogP contribution >= 0.6 is 0 Å². The van der Waals surface area contributed by atoms with Crippen molar-refractivity contribution < 1.29 is 30.8 Å². The second-order valence-corrected chi connectivity index (χ2v) is 6.62. The van der Waals surface area contributed by atoms with Gasteiger partial charge in [-0.2, -0.15) is 0 Å². The normalized spacial score (nSPS) is 11.3. The van der Waals surface area contributed by atoms with Crippen LogP contribution in [0.4, 0.5) is 23.2 Å². The third-order valence-electron chi connectivity index (χ3n) is 2.87. The number of hydrogen-bond acceptors (Lipinski definition) is 3. The van der Waals surface area contributed by atoms with Crippen molar-refractivity contribution in [1.82, 2.24) is 0 Å². The highest BCUT2D eigenvalue weighted by Crippen LogP contribution is 2.21. The van der Waals surface area contributed by atoms with Crippen molar-refractivity contribution in [2.75, 3.05) is 11.6 Å². The number of carbonyl (C=O) groups excluding carboxylic acids is 1. The topological polar surface area (TPSA) is 63.2 Å². The first-order valence-corrected chi connectivity index (χ1v) is 7.95. The standard InChI is InChI=1S/C14H9F4NO3S/c1-23(21,22)8-4-2-3-7(5-8)19-14(20)9-6-10(15)12(17)13(18)11(9)16/h2-6H,1H3,(H,19,20). The van der Waals surface area contributed by atoms with Crippen molar-refractivity contribution in [2.45, 2.75) is 4.90 Å². The minimum absolute atomic E-state index is 0.0394. The quantitative estimate of drug-likeness (QED) is 0.528. The molecule has 0 unspecified atom stereocenters. The van der Waals surface area contributed by atoms with Gasteiger partial charge in [-0.1, -0.05) is 6.07 Å². The first kappa shape index (κ1) is 16.9. The lowest BCUT2D eigenvalue weighted by atomic mass is 10.1. The van der Waals surface area contributed by atoms with Crippen LogP contribution in [-0.2, 0) is 9.84 Å². The number of benzene rings is 2. The van der Waals surface area contributed by atoms with Gasteiger partial charge in [-0.15, -0.1) is 0 Å². The van der Waals surface area contributed by atoms with Crippen LogP contribution in [0.15, 0.2) is 35.2 Å². The molecule has 1 amide bonds. The molecule has 2 aromatic rings. The molecule has 23 heavy (non-hydrogen) atoms. The Morgan fingerprint density at radius 1 is 1.00 bits per heavy atom.